The van der Waals surface area contributed by atoms with Crippen LogP contribution in [0.2, 0.25) is 0 Å². The first-order valence-electron chi connectivity index (χ1n) is 10.1. The van der Waals surface area contributed by atoms with Crippen molar-refractivity contribution in [2.75, 3.05) is 6.61 Å². The summed E-state index contributed by atoms with van der Waals surface area (Å²) in [5.41, 5.74) is 5.78. The van der Waals surface area contributed by atoms with Crippen molar-refractivity contribution in [2.24, 2.45) is 17.6 Å². The van der Waals surface area contributed by atoms with Crippen LogP contribution in [-0.4, -0.2) is 75.8 Å². The maximum atomic E-state index is 12.8. The standard InChI is InChI=1S/C19H34N4O8/c1-5-10(4)15(18(29)22-12(8-24)19(30)31)23-16(27)11(6-7-13(25)26)21-17(28)14(20)9(2)3/h9-12,14-15,24H,5-8,20H2,1-4H3,(H,21,28)(H,22,29)(H,23,27)(H,25,26)(H,30,31). The van der Waals surface area contributed by atoms with E-state index in [9.17, 15) is 24.0 Å². The molecule has 8 N–H and O–H groups in total. The van der Waals surface area contributed by atoms with Crippen molar-refractivity contribution in [1.82, 2.24) is 16.0 Å². The Morgan fingerprint density at radius 1 is 0.871 bits per heavy atom. The van der Waals surface area contributed by atoms with E-state index in [0.717, 1.165) is 0 Å². The second-order valence-electron chi connectivity index (χ2n) is 7.72. The predicted molar refractivity (Wildman–Crippen MR) is 110 cm³/mol. The first-order valence-corrected chi connectivity index (χ1v) is 10.1. The number of nitrogens with one attached hydrogen (secondary N) is 3. The molecule has 31 heavy (non-hydrogen) atoms. The van der Waals surface area contributed by atoms with E-state index in [-0.39, 0.29) is 12.3 Å². The Bertz CT molecular complexity index is 655. The molecule has 0 aromatic carbocycles. The molecule has 0 fully saturated rings. The average Bonchev–Trinajstić information content (AvgIpc) is 2.70. The third kappa shape index (κ3) is 9.75. The minimum absolute atomic E-state index is 0.228. The van der Waals surface area contributed by atoms with Crippen molar-refractivity contribution < 1.29 is 39.3 Å². The van der Waals surface area contributed by atoms with Crippen molar-refractivity contribution in [3.8, 4) is 0 Å². The van der Waals surface area contributed by atoms with E-state index in [0.29, 0.717) is 6.42 Å². The van der Waals surface area contributed by atoms with Crippen LogP contribution in [0.4, 0.5) is 0 Å². The molecule has 0 radical (unpaired) electrons. The Morgan fingerprint density at radius 2 is 1.42 bits per heavy atom. The van der Waals surface area contributed by atoms with Crippen LogP contribution in [0.25, 0.3) is 0 Å². The lowest BCUT2D eigenvalue weighted by Gasteiger charge is -2.28. The number of carbonyl (C=O) groups excluding carboxylic acids is 3. The quantitative estimate of drug-likeness (QED) is 0.164. The zero-order chi connectivity index (χ0) is 24.3. The zero-order valence-electron chi connectivity index (χ0n) is 18.3. The van der Waals surface area contributed by atoms with Gasteiger partial charge in [-0.3, -0.25) is 19.2 Å². The van der Waals surface area contributed by atoms with E-state index in [1.54, 1.807) is 27.7 Å². The summed E-state index contributed by atoms with van der Waals surface area (Å²) in [6, 6.07) is -4.91. The molecule has 178 valence electrons. The minimum Gasteiger partial charge on any atom is -0.481 e. The third-order valence-corrected chi connectivity index (χ3v) is 4.89. The SMILES string of the molecule is CCC(C)C(NC(=O)C(CCC(=O)O)NC(=O)C(N)C(C)C)C(=O)NC(CO)C(=O)O. The van der Waals surface area contributed by atoms with Crippen LogP contribution >= 0.6 is 0 Å². The Hall–Kier alpha value is -2.73. The van der Waals surface area contributed by atoms with Crippen LogP contribution in [0.3, 0.4) is 0 Å². The molecule has 0 bridgehead atoms. The van der Waals surface area contributed by atoms with Crippen molar-refractivity contribution in [1.29, 1.82) is 0 Å². The summed E-state index contributed by atoms with van der Waals surface area (Å²) in [5.74, 6) is -5.55. The number of aliphatic hydroxyl groups is 1. The maximum Gasteiger partial charge on any atom is 0.328 e. The number of hydrogen-bond donors (Lipinski definition) is 7. The van der Waals surface area contributed by atoms with Crippen LogP contribution in [-0.2, 0) is 24.0 Å². The topological polar surface area (TPSA) is 208 Å². The fraction of sp³-hybridized carbons (Fsp3) is 0.737. The number of nitrogens with two attached hydrogens (primary N) is 1. The molecule has 0 spiro atoms. The van der Waals surface area contributed by atoms with Crippen LogP contribution in [0.15, 0.2) is 0 Å². The predicted octanol–water partition coefficient (Wildman–Crippen LogP) is -1.59. The van der Waals surface area contributed by atoms with Crippen molar-refractivity contribution in [3.05, 3.63) is 0 Å². The lowest BCUT2D eigenvalue weighted by atomic mass is 9.97. The number of hydrogen-bond acceptors (Lipinski definition) is 7. The molecule has 12 heteroatoms. The third-order valence-electron chi connectivity index (χ3n) is 4.89. The number of rotatable bonds is 14. The van der Waals surface area contributed by atoms with Gasteiger partial charge in [-0.15, -0.1) is 0 Å². The highest BCUT2D eigenvalue weighted by Gasteiger charge is 2.33. The van der Waals surface area contributed by atoms with Gasteiger partial charge in [0.2, 0.25) is 17.7 Å². The average molecular weight is 447 g/mol. The summed E-state index contributed by atoms with van der Waals surface area (Å²) in [4.78, 5) is 59.7. The molecule has 12 nitrogen and oxygen atoms in total. The largest absolute Gasteiger partial charge is 0.481 e. The van der Waals surface area contributed by atoms with Crippen molar-refractivity contribution in [2.45, 2.75) is 71.1 Å². The fourth-order valence-electron chi connectivity index (χ4n) is 2.51. The van der Waals surface area contributed by atoms with Crippen LogP contribution < -0.4 is 21.7 Å². The molecule has 0 rings (SSSR count). The normalized spacial score (nSPS) is 15.8. The molecule has 0 aliphatic carbocycles. The summed E-state index contributed by atoms with van der Waals surface area (Å²) in [7, 11) is 0. The smallest absolute Gasteiger partial charge is 0.328 e. The minimum atomic E-state index is -1.55. The number of aliphatic carboxylic acids is 2. The van der Waals surface area contributed by atoms with Gasteiger partial charge >= 0.3 is 11.9 Å². The molecule has 0 saturated carbocycles. The molecule has 0 heterocycles. The number of amides is 3. The van der Waals surface area contributed by atoms with Gasteiger partial charge in [-0.05, 0) is 18.3 Å². The van der Waals surface area contributed by atoms with Gasteiger partial charge in [-0.25, -0.2) is 4.79 Å². The highest BCUT2D eigenvalue weighted by Crippen LogP contribution is 2.10. The molecular weight excluding hydrogens is 412 g/mol. The van der Waals surface area contributed by atoms with Gasteiger partial charge in [0.1, 0.15) is 18.1 Å². The molecule has 0 saturated heterocycles. The molecule has 0 aliphatic heterocycles. The molecule has 0 aromatic heterocycles. The second-order valence-corrected chi connectivity index (χ2v) is 7.72. The van der Waals surface area contributed by atoms with Crippen LogP contribution in [0, 0.1) is 11.8 Å². The highest BCUT2D eigenvalue weighted by molar-refractivity contribution is 5.94. The first-order chi connectivity index (χ1) is 14.3. The molecular formula is C19H34N4O8. The van der Waals surface area contributed by atoms with E-state index in [2.05, 4.69) is 16.0 Å². The Morgan fingerprint density at radius 3 is 1.84 bits per heavy atom. The highest BCUT2D eigenvalue weighted by atomic mass is 16.4. The second kappa shape index (κ2) is 13.5. The zero-order valence-corrected chi connectivity index (χ0v) is 18.3. The lowest BCUT2D eigenvalue weighted by Crippen LogP contribution is -2.59. The lowest BCUT2D eigenvalue weighted by molar-refractivity contribution is -0.143. The number of aliphatic hydroxyl groups excluding tert-OH is 1. The van der Waals surface area contributed by atoms with E-state index >= 15 is 0 Å². The van der Waals surface area contributed by atoms with Crippen LogP contribution in [0.5, 0.6) is 0 Å². The number of carbonyl (C=O) groups is 5. The fourth-order valence-corrected chi connectivity index (χ4v) is 2.51. The molecule has 5 unspecified atom stereocenters. The van der Waals surface area contributed by atoms with Gasteiger partial charge in [0.15, 0.2) is 0 Å². The summed E-state index contributed by atoms with van der Waals surface area (Å²) in [6.07, 6.45) is -0.207. The van der Waals surface area contributed by atoms with E-state index < -0.39 is 72.8 Å². The molecule has 3 amide bonds. The van der Waals surface area contributed by atoms with Crippen molar-refractivity contribution in [3.63, 3.8) is 0 Å². The summed E-state index contributed by atoms with van der Waals surface area (Å²) in [6.45, 7) is 5.98. The molecule has 0 aliphatic rings. The van der Waals surface area contributed by atoms with Gasteiger partial charge < -0.3 is 37.0 Å². The Balaban J connectivity index is 5.54. The van der Waals surface area contributed by atoms with E-state index in [1.165, 1.54) is 0 Å². The summed E-state index contributed by atoms with van der Waals surface area (Å²) < 4.78 is 0. The monoisotopic (exact) mass is 446 g/mol. The van der Waals surface area contributed by atoms with Gasteiger partial charge in [-0.2, -0.15) is 0 Å². The van der Waals surface area contributed by atoms with Gasteiger partial charge in [0, 0.05) is 6.42 Å². The van der Waals surface area contributed by atoms with Gasteiger partial charge in [0.25, 0.3) is 0 Å². The van der Waals surface area contributed by atoms with E-state index in [4.69, 9.17) is 21.1 Å². The maximum absolute atomic E-state index is 12.8. The van der Waals surface area contributed by atoms with Gasteiger partial charge in [0.05, 0.1) is 12.6 Å². The molecule has 0 aromatic rings. The molecule has 5 atom stereocenters. The summed E-state index contributed by atoms with van der Waals surface area (Å²) in [5, 5.41) is 34.1. The number of carboxylic acids is 2. The van der Waals surface area contributed by atoms with E-state index in [1.807, 2.05) is 0 Å². The summed E-state index contributed by atoms with van der Waals surface area (Å²) >= 11 is 0. The van der Waals surface area contributed by atoms with Gasteiger partial charge in [-0.1, -0.05) is 34.1 Å². The Labute approximate surface area is 180 Å². The van der Waals surface area contributed by atoms with Crippen LogP contribution in [0.1, 0.15) is 47.0 Å². The first kappa shape index (κ1) is 28.3. The number of carboxylic acid groups (broad SMARTS) is 2. The Kier molecular flexibility index (Phi) is 12.4. The van der Waals surface area contributed by atoms with Crippen molar-refractivity contribution >= 4 is 29.7 Å².